The summed E-state index contributed by atoms with van der Waals surface area (Å²) in [6.45, 7) is 3.58. The Morgan fingerprint density at radius 3 is 2.19 bits per heavy atom. The zero-order chi connectivity index (χ0) is 23.3. The molecule has 8 heteroatoms. The van der Waals surface area contributed by atoms with Gasteiger partial charge >= 0.3 is 5.69 Å². The Kier molecular flexibility index (Phi) is 7.27. The van der Waals surface area contributed by atoms with Crippen LogP contribution in [0.5, 0.6) is 0 Å². The van der Waals surface area contributed by atoms with Crippen molar-refractivity contribution in [1.82, 2.24) is 9.13 Å². The Balaban J connectivity index is 2.05. The number of nitrogen functional groups attached to an aromatic ring is 1. The number of Topliss-reactive ketones (excluding diaryl/α,β-unsaturated/α-hetero) is 1. The first-order valence-electron chi connectivity index (χ1n) is 10.5. The number of aliphatic hydroxyl groups is 1. The number of hydrogen-bond acceptors (Lipinski definition) is 6. The quantitative estimate of drug-likeness (QED) is 0.494. The molecule has 1 heterocycles. The SMILES string of the molecule is CCn1c(=O)c(C(=O)CN(CC(C)O)c2ccccc2)c(N)n(Cc2ccccc2)c1=O. The van der Waals surface area contributed by atoms with E-state index in [1.54, 1.807) is 18.7 Å². The van der Waals surface area contributed by atoms with E-state index < -0.39 is 23.1 Å². The van der Waals surface area contributed by atoms with Crippen molar-refractivity contribution in [2.75, 3.05) is 23.7 Å². The average molecular weight is 437 g/mol. The van der Waals surface area contributed by atoms with Crippen LogP contribution in [0.2, 0.25) is 0 Å². The predicted octanol–water partition coefficient (Wildman–Crippen LogP) is 1.73. The highest BCUT2D eigenvalue weighted by Crippen LogP contribution is 2.16. The molecule has 0 bridgehead atoms. The van der Waals surface area contributed by atoms with Gasteiger partial charge in [0.05, 0.1) is 19.2 Å². The predicted molar refractivity (Wildman–Crippen MR) is 125 cm³/mol. The summed E-state index contributed by atoms with van der Waals surface area (Å²) in [4.78, 5) is 40.9. The van der Waals surface area contributed by atoms with E-state index in [9.17, 15) is 19.5 Å². The van der Waals surface area contributed by atoms with Crippen molar-refractivity contribution in [1.29, 1.82) is 0 Å². The minimum Gasteiger partial charge on any atom is -0.392 e. The first kappa shape index (κ1) is 23.0. The molecule has 0 fully saturated rings. The van der Waals surface area contributed by atoms with Gasteiger partial charge in [-0.15, -0.1) is 0 Å². The maximum atomic E-state index is 13.3. The highest BCUT2D eigenvalue weighted by molar-refractivity contribution is 6.02. The Morgan fingerprint density at radius 1 is 1.03 bits per heavy atom. The maximum Gasteiger partial charge on any atom is 0.332 e. The molecule has 2 aromatic carbocycles. The first-order chi connectivity index (χ1) is 15.3. The van der Waals surface area contributed by atoms with Crippen molar-refractivity contribution < 1.29 is 9.90 Å². The Labute approximate surface area is 186 Å². The molecule has 0 saturated carbocycles. The molecule has 3 rings (SSSR count). The van der Waals surface area contributed by atoms with Gasteiger partial charge in [-0.25, -0.2) is 4.79 Å². The number of benzene rings is 2. The van der Waals surface area contributed by atoms with Gasteiger partial charge in [0, 0.05) is 18.8 Å². The maximum absolute atomic E-state index is 13.3. The van der Waals surface area contributed by atoms with Gasteiger partial charge in [-0.05, 0) is 31.5 Å². The van der Waals surface area contributed by atoms with Gasteiger partial charge in [0.15, 0.2) is 5.78 Å². The van der Waals surface area contributed by atoms with Crippen LogP contribution in [-0.4, -0.2) is 39.2 Å². The number of anilines is 2. The third-order valence-corrected chi connectivity index (χ3v) is 5.19. The van der Waals surface area contributed by atoms with Gasteiger partial charge in [0.1, 0.15) is 11.4 Å². The molecule has 1 aromatic heterocycles. The van der Waals surface area contributed by atoms with Crippen molar-refractivity contribution in [2.24, 2.45) is 0 Å². The summed E-state index contributed by atoms with van der Waals surface area (Å²) in [6.07, 6.45) is -0.695. The molecule has 32 heavy (non-hydrogen) atoms. The number of carbonyl (C=O) groups excluding carboxylic acids is 1. The fourth-order valence-electron chi connectivity index (χ4n) is 3.65. The molecule has 0 amide bonds. The third-order valence-electron chi connectivity index (χ3n) is 5.19. The van der Waals surface area contributed by atoms with Gasteiger partial charge in [-0.1, -0.05) is 48.5 Å². The number of aliphatic hydroxyl groups excluding tert-OH is 1. The van der Waals surface area contributed by atoms with E-state index in [1.807, 2.05) is 60.7 Å². The van der Waals surface area contributed by atoms with Crippen LogP contribution >= 0.6 is 0 Å². The van der Waals surface area contributed by atoms with Gasteiger partial charge in [-0.3, -0.25) is 18.7 Å². The zero-order valence-corrected chi connectivity index (χ0v) is 18.3. The van der Waals surface area contributed by atoms with Crippen LogP contribution in [0.1, 0.15) is 29.8 Å². The monoisotopic (exact) mass is 436 g/mol. The summed E-state index contributed by atoms with van der Waals surface area (Å²) < 4.78 is 2.28. The molecule has 0 radical (unpaired) electrons. The smallest absolute Gasteiger partial charge is 0.332 e. The summed E-state index contributed by atoms with van der Waals surface area (Å²) in [5.41, 5.74) is 6.31. The minimum atomic E-state index is -0.700. The second-order valence-electron chi connectivity index (χ2n) is 7.65. The van der Waals surface area contributed by atoms with E-state index >= 15 is 0 Å². The van der Waals surface area contributed by atoms with E-state index in [2.05, 4.69) is 0 Å². The van der Waals surface area contributed by atoms with Crippen molar-refractivity contribution in [3.8, 4) is 0 Å². The number of aromatic nitrogens is 2. The lowest BCUT2D eigenvalue weighted by Gasteiger charge is -2.26. The molecule has 0 aliphatic carbocycles. The normalized spacial score (nSPS) is 11.8. The number of carbonyl (C=O) groups is 1. The van der Waals surface area contributed by atoms with Crippen molar-refractivity contribution >= 4 is 17.3 Å². The second-order valence-corrected chi connectivity index (χ2v) is 7.65. The highest BCUT2D eigenvalue weighted by Gasteiger charge is 2.24. The summed E-state index contributed by atoms with van der Waals surface area (Å²) in [6, 6.07) is 18.4. The van der Waals surface area contributed by atoms with Crippen molar-refractivity contribution in [3.63, 3.8) is 0 Å². The van der Waals surface area contributed by atoms with E-state index in [0.717, 1.165) is 15.8 Å². The summed E-state index contributed by atoms with van der Waals surface area (Å²) in [5, 5.41) is 9.91. The van der Waals surface area contributed by atoms with Crippen LogP contribution in [-0.2, 0) is 13.1 Å². The average Bonchev–Trinajstić information content (AvgIpc) is 2.77. The fraction of sp³-hybridized carbons (Fsp3) is 0.292. The molecule has 8 nitrogen and oxygen atoms in total. The van der Waals surface area contributed by atoms with Gasteiger partial charge in [-0.2, -0.15) is 0 Å². The summed E-state index contributed by atoms with van der Waals surface area (Å²) in [5.74, 6) is -0.662. The molecule has 0 saturated heterocycles. The molecule has 0 aliphatic rings. The number of nitrogens with zero attached hydrogens (tertiary/aromatic N) is 3. The Morgan fingerprint density at radius 2 is 1.62 bits per heavy atom. The number of ketones is 1. The second kappa shape index (κ2) is 10.1. The standard InChI is InChI=1S/C24H28N4O4/c1-3-27-23(31)21(22(25)28(24(27)32)15-18-10-6-4-7-11-18)20(30)16-26(14-17(2)29)19-12-8-5-9-13-19/h4-13,17,29H,3,14-16,25H2,1-2H3. The molecule has 0 spiro atoms. The lowest BCUT2D eigenvalue weighted by atomic mass is 10.1. The molecule has 0 aliphatic heterocycles. The van der Waals surface area contributed by atoms with E-state index in [4.69, 9.17) is 5.73 Å². The minimum absolute atomic E-state index is 0.114. The van der Waals surface area contributed by atoms with Crippen molar-refractivity contribution in [2.45, 2.75) is 33.0 Å². The Hall–Kier alpha value is -3.65. The van der Waals surface area contributed by atoms with Crippen LogP contribution in [0.25, 0.3) is 0 Å². The highest BCUT2D eigenvalue weighted by atomic mass is 16.3. The molecule has 1 atom stereocenters. The lowest BCUT2D eigenvalue weighted by molar-refractivity contribution is 0.0993. The van der Waals surface area contributed by atoms with Crippen LogP contribution < -0.4 is 21.9 Å². The largest absolute Gasteiger partial charge is 0.392 e. The van der Waals surface area contributed by atoms with Gasteiger partial charge in [0.2, 0.25) is 0 Å². The summed E-state index contributed by atoms with van der Waals surface area (Å²) in [7, 11) is 0. The lowest BCUT2D eigenvalue weighted by Crippen LogP contribution is -2.45. The van der Waals surface area contributed by atoms with Gasteiger partial charge in [0.25, 0.3) is 5.56 Å². The van der Waals surface area contributed by atoms with Crippen LogP contribution in [0, 0.1) is 0 Å². The molecular weight excluding hydrogens is 408 g/mol. The zero-order valence-electron chi connectivity index (χ0n) is 18.3. The topological polar surface area (TPSA) is 111 Å². The third kappa shape index (κ3) is 4.97. The van der Waals surface area contributed by atoms with Gasteiger partial charge < -0.3 is 15.7 Å². The van der Waals surface area contributed by atoms with Crippen LogP contribution in [0.3, 0.4) is 0 Å². The number of hydrogen-bond donors (Lipinski definition) is 2. The van der Waals surface area contributed by atoms with E-state index in [1.165, 1.54) is 4.57 Å². The van der Waals surface area contributed by atoms with Crippen LogP contribution in [0.15, 0.2) is 70.3 Å². The first-order valence-corrected chi connectivity index (χ1v) is 10.5. The number of para-hydroxylation sites is 1. The number of nitrogens with two attached hydrogens (primary N) is 1. The van der Waals surface area contributed by atoms with E-state index in [-0.39, 0.29) is 37.6 Å². The molecule has 1 unspecified atom stereocenters. The fourth-order valence-corrected chi connectivity index (χ4v) is 3.65. The van der Waals surface area contributed by atoms with Crippen molar-refractivity contribution in [3.05, 3.63) is 92.6 Å². The number of rotatable bonds is 9. The Bertz CT molecular complexity index is 1180. The summed E-state index contributed by atoms with van der Waals surface area (Å²) >= 11 is 0. The molecule has 168 valence electrons. The van der Waals surface area contributed by atoms with Crippen LogP contribution in [0.4, 0.5) is 11.5 Å². The molecular formula is C24H28N4O4. The van der Waals surface area contributed by atoms with E-state index in [0.29, 0.717) is 0 Å². The molecule has 3 aromatic rings. The molecule has 3 N–H and O–H groups in total.